The second kappa shape index (κ2) is 7.09. The van der Waals surface area contributed by atoms with Crippen LogP contribution in [-0.4, -0.2) is 28.2 Å². The van der Waals surface area contributed by atoms with E-state index >= 15 is 0 Å². The molecule has 1 aromatic rings. The second-order valence-electron chi connectivity index (χ2n) is 4.93. The predicted octanol–water partition coefficient (Wildman–Crippen LogP) is 2.07. The first-order chi connectivity index (χ1) is 8.91. The molecule has 19 heavy (non-hydrogen) atoms. The number of carbonyl (C=O) groups is 1. The molecule has 0 saturated heterocycles. The minimum absolute atomic E-state index is 0.0593. The van der Waals surface area contributed by atoms with Crippen molar-refractivity contribution in [1.82, 2.24) is 10.3 Å². The second-order valence-corrected chi connectivity index (χ2v) is 4.93. The Balaban J connectivity index is 2.64. The monoisotopic (exact) mass is 266 g/mol. The number of aromatic nitrogens is 1. The first kappa shape index (κ1) is 15.4. The molecule has 0 aromatic carbocycles. The van der Waals surface area contributed by atoms with E-state index in [2.05, 4.69) is 10.3 Å². The Morgan fingerprint density at radius 1 is 1.42 bits per heavy atom. The van der Waals surface area contributed by atoms with Gasteiger partial charge in [0.25, 0.3) is 0 Å². The highest BCUT2D eigenvalue weighted by Gasteiger charge is 2.19. The fourth-order valence-electron chi connectivity index (χ4n) is 1.55. The van der Waals surface area contributed by atoms with Crippen molar-refractivity contribution in [2.45, 2.75) is 46.4 Å². The highest BCUT2D eigenvalue weighted by atomic mass is 16.5. The van der Waals surface area contributed by atoms with Crippen LogP contribution in [-0.2, 0) is 11.3 Å². The van der Waals surface area contributed by atoms with Crippen LogP contribution in [0.3, 0.4) is 0 Å². The lowest BCUT2D eigenvalue weighted by Gasteiger charge is -2.19. The van der Waals surface area contributed by atoms with Crippen LogP contribution in [0.1, 0.15) is 33.3 Å². The van der Waals surface area contributed by atoms with Gasteiger partial charge in [0.2, 0.25) is 5.88 Å². The van der Waals surface area contributed by atoms with Gasteiger partial charge in [-0.05, 0) is 26.8 Å². The maximum absolute atomic E-state index is 10.9. The van der Waals surface area contributed by atoms with Crippen molar-refractivity contribution < 1.29 is 14.6 Å². The summed E-state index contributed by atoms with van der Waals surface area (Å²) in [7, 11) is 0. The molecule has 1 heterocycles. The molecule has 0 aliphatic carbocycles. The summed E-state index contributed by atoms with van der Waals surface area (Å²) >= 11 is 0. The van der Waals surface area contributed by atoms with Crippen molar-refractivity contribution in [3.05, 3.63) is 23.9 Å². The molecule has 2 atom stereocenters. The molecular formula is C14H22N2O3. The molecule has 0 amide bonds. The zero-order chi connectivity index (χ0) is 14.4. The molecule has 1 rings (SSSR count). The Morgan fingerprint density at radius 3 is 2.68 bits per heavy atom. The molecule has 2 unspecified atom stereocenters. The van der Waals surface area contributed by atoms with E-state index in [9.17, 15) is 4.79 Å². The maximum atomic E-state index is 10.9. The van der Waals surface area contributed by atoms with E-state index in [4.69, 9.17) is 9.84 Å². The van der Waals surface area contributed by atoms with Gasteiger partial charge in [0.1, 0.15) is 0 Å². The lowest BCUT2D eigenvalue weighted by Crippen LogP contribution is -2.35. The van der Waals surface area contributed by atoms with E-state index in [1.807, 2.05) is 32.9 Å². The quantitative estimate of drug-likeness (QED) is 0.790. The Morgan fingerprint density at radius 2 is 2.11 bits per heavy atom. The third-order valence-corrected chi connectivity index (χ3v) is 2.95. The van der Waals surface area contributed by atoms with Gasteiger partial charge in [-0.15, -0.1) is 0 Å². The van der Waals surface area contributed by atoms with Crippen LogP contribution in [0.2, 0.25) is 0 Å². The molecule has 1 aromatic heterocycles. The number of carboxylic acid groups (broad SMARTS) is 1. The molecule has 0 saturated carbocycles. The standard InChI is InChI=1S/C14H22N2O3/c1-9(2)19-13-12(6-5-7-15-13)8-16-11(4)10(3)14(17)18/h5-7,9-11,16H,8H2,1-4H3,(H,17,18). The summed E-state index contributed by atoms with van der Waals surface area (Å²) in [6, 6.07) is 3.65. The maximum Gasteiger partial charge on any atom is 0.307 e. The number of nitrogens with one attached hydrogen (secondary N) is 1. The molecule has 0 bridgehead atoms. The van der Waals surface area contributed by atoms with Crippen LogP contribution in [0.5, 0.6) is 5.88 Å². The van der Waals surface area contributed by atoms with Gasteiger partial charge >= 0.3 is 5.97 Å². The van der Waals surface area contributed by atoms with Gasteiger partial charge in [-0.25, -0.2) is 4.98 Å². The van der Waals surface area contributed by atoms with Gasteiger partial charge in [0, 0.05) is 24.3 Å². The Hall–Kier alpha value is -1.62. The van der Waals surface area contributed by atoms with E-state index in [1.54, 1.807) is 13.1 Å². The Kier molecular flexibility index (Phi) is 5.76. The van der Waals surface area contributed by atoms with Gasteiger partial charge < -0.3 is 15.2 Å². The van der Waals surface area contributed by atoms with Crippen molar-refractivity contribution in [1.29, 1.82) is 0 Å². The molecule has 5 nitrogen and oxygen atoms in total. The lowest BCUT2D eigenvalue weighted by atomic mass is 10.0. The number of carboxylic acids is 1. The summed E-state index contributed by atoms with van der Waals surface area (Å²) in [6.45, 7) is 7.98. The zero-order valence-electron chi connectivity index (χ0n) is 11.9. The van der Waals surface area contributed by atoms with E-state index < -0.39 is 11.9 Å². The highest BCUT2D eigenvalue weighted by molar-refractivity contribution is 5.70. The Labute approximate surface area is 114 Å². The lowest BCUT2D eigenvalue weighted by molar-refractivity contribution is -0.141. The molecule has 2 N–H and O–H groups in total. The molecule has 0 aliphatic rings. The molecule has 0 radical (unpaired) electrons. The zero-order valence-corrected chi connectivity index (χ0v) is 11.9. The van der Waals surface area contributed by atoms with Crippen LogP contribution in [0.4, 0.5) is 0 Å². The normalized spacial score (nSPS) is 14.2. The van der Waals surface area contributed by atoms with Gasteiger partial charge in [0.15, 0.2) is 0 Å². The summed E-state index contributed by atoms with van der Waals surface area (Å²) < 4.78 is 5.62. The first-order valence-electron chi connectivity index (χ1n) is 6.48. The number of pyridine rings is 1. The van der Waals surface area contributed by atoms with Crippen molar-refractivity contribution in [3.63, 3.8) is 0 Å². The number of hydrogen-bond acceptors (Lipinski definition) is 4. The number of aliphatic carboxylic acids is 1. The van der Waals surface area contributed by atoms with Crippen LogP contribution in [0, 0.1) is 5.92 Å². The van der Waals surface area contributed by atoms with Gasteiger partial charge in [-0.3, -0.25) is 4.79 Å². The molecular weight excluding hydrogens is 244 g/mol. The number of rotatable bonds is 7. The molecule has 5 heteroatoms. The van der Waals surface area contributed by atoms with Crippen LogP contribution in [0.25, 0.3) is 0 Å². The van der Waals surface area contributed by atoms with Gasteiger partial charge in [0.05, 0.1) is 12.0 Å². The fourth-order valence-corrected chi connectivity index (χ4v) is 1.55. The topological polar surface area (TPSA) is 71.5 Å². The van der Waals surface area contributed by atoms with Crippen LogP contribution < -0.4 is 10.1 Å². The molecule has 0 aliphatic heterocycles. The van der Waals surface area contributed by atoms with E-state index in [-0.39, 0.29) is 12.1 Å². The van der Waals surface area contributed by atoms with E-state index in [0.29, 0.717) is 12.4 Å². The SMILES string of the molecule is CC(C)Oc1ncccc1CNC(C)C(C)C(=O)O. The number of hydrogen-bond donors (Lipinski definition) is 2. The third-order valence-electron chi connectivity index (χ3n) is 2.95. The van der Waals surface area contributed by atoms with Crippen molar-refractivity contribution in [2.75, 3.05) is 0 Å². The van der Waals surface area contributed by atoms with Crippen molar-refractivity contribution >= 4 is 5.97 Å². The van der Waals surface area contributed by atoms with Crippen LogP contribution >= 0.6 is 0 Å². The fraction of sp³-hybridized carbons (Fsp3) is 0.571. The van der Waals surface area contributed by atoms with Crippen LogP contribution in [0.15, 0.2) is 18.3 Å². The molecule has 106 valence electrons. The number of ether oxygens (including phenoxy) is 1. The van der Waals surface area contributed by atoms with E-state index in [0.717, 1.165) is 5.56 Å². The predicted molar refractivity (Wildman–Crippen MR) is 73.1 cm³/mol. The third kappa shape index (κ3) is 4.87. The highest BCUT2D eigenvalue weighted by Crippen LogP contribution is 2.16. The van der Waals surface area contributed by atoms with Gasteiger partial charge in [-0.1, -0.05) is 13.0 Å². The summed E-state index contributed by atoms with van der Waals surface area (Å²) in [5.74, 6) is -0.642. The summed E-state index contributed by atoms with van der Waals surface area (Å²) in [5.41, 5.74) is 0.931. The number of nitrogens with zero attached hydrogens (tertiary/aromatic N) is 1. The minimum atomic E-state index is -0.801. The summed E-state index contributed by atoms with van der Waals surface area (Å²) in [6.07, 6.45) is 1.74. The Bertz CT molecular complexity index is 421. The summed E-state index contributed by atoms with van der Waals surface area (Å²) in [4.78, 5) is 15.1. The molecule has 0 spiro atoms. The smallest absolute Gasteiger partial charge is 0.307 e. The van der Waals surface area contributed by atoms with E-state index in [1.165, 1.54) is 0 Å². The minimum Gasteiger partial charge on any atom is -0.481 e. The van der Waals surface area contributed by atoms with Gasteiger partial charge in [-0.2, -0.15) is 0 Å². The van der Waals surface area contributed by atoms with Crippen molar-refractivity contribution in [3.8, 4) is 5.88 Å². The molecule has 0 fully saturated rings. The largest absolute Gasteiger partial charge is 0.481 e. The average Bonchev–Trinajstić information content (AvgIpc) is 2.35. The average molecular weight is 266 g/mol. The summed E-state index contributed by atoms with van der Waals surface area (Å²) in [5, 5.41) is 12.1. The van der Waals surface area contributed by atoms with Crippen molar-refractivity contribution in [2.24, 2.45) is 5.92 Å². The first-order valence-corrected chi connectivity index (χ1v) is 6.48.